The van der Waals surface area contributed by atoms with Crippen molar-refractivity contribution in [2.75, 3.05) is 5.84 Å². The van der Waals surface area contributed by atoms with Crippen LogP contribution in [0.25, 0.3) is 11.4 Å². The lowest BCUT2D eigenvalue weighted by atomic mass is 10.0. The summed E-state index contributed by atoms with van der Waals surface area (Å²) < 4.78 is 12.6. The lowest BCUT2D eigenvalue weighted by Crippen LogP contribution is -2.15. The van der Waals surface area contributed by atoms with Crippen LogP contribution in [0.15, 0.2) is 52.1 Å². The van der Waals surface area contributed by atoms with Gasteiger partial charge < -0.3 is 15.1 Å². The fourth-order valence-corrected chi connectivity index (χ4v) is 3.96. The molecular weight excluding hydrogens is 424 g/mol. The third-order valence-corrected chi connectivity index (χ3v) is 5.85. The average molecular weight is 451 g/mol. The minimum absolute atomic E-state index is 0.226. The molecule has 32 heavy (non-hydrogen) atoms. The van der Waals surface area contributed by atoms with Crippen LogP contribution in [0.5, 0.6) is 5.75 Å². The van der Waals surface area contributed by atoms with E-state index in [1.807, 2.05) is 38.1 Å². The van der Waals surface area contributed by atoms with E-state index in [1.54, 1.807) is 0 Å². The molecule has 0 fully saturated rings. The van der Waals surface area contributed by atoms with Crippen LogP contribution in [0.1, 0.15) is 48.2 Å². The highest BCUT2D eigenvalue weighted by Gasteiger charge is 2.14. The molecule has 4 aromatic rings. The third kappa shape index (κ3) is 5.11. The van der Waals surface area contributed by atoms with E-state index in [0.29, 0.717) is 34.4 Å². The molecule has 0 unspecified atom stereocenters. The van der Waals surface area contributed by atoms with E-state index >= 15 is 0 Å². The number of hydrogen-bond donors (Lipinski definition) is 1. The predicted molar refractivity (Wildman–Crippen MR) is 124 cm³/mol. The monoisotopic (exact) mass is 450 g/mol. The van der Waals surface area contributed by atoms with Crippen LogP contribution < -0.4 is 10.6 Å². The molecule has 0 amide bonds. The van der Waals surface area contributed by atoms with Crippen molar-refractivity contribution in [2.24, 2.45) is 0 Å². The van der Waals surface area contributed by atoms with Crippen molar-refractivity contribution < 1.29 is 9.26 Å². The first kappa shape index (κ1) is 21.9. The van der Waals surface area contributed by atoms with Crippen LogP contribution in [0.3, 0.4) is 0 Å². The van der Waals surface area contributed by atoms with Gasteiger partial charge in [0.15, 0.2) is 5.82 Å². The molecule has 0 atom stereocenters. The summed E-state index contributed by atoms with van der Waals surface area (Å²) in [6, 6.07) is 14.2. The Labute approximate surface area is 191 Å². The number of hydrogen-bond acceptors (Lipinski definition) is 8. The van der Waals surface area contributed by atoms with Crippen LogP contribution in [-0.2, 0) is 12.4 Å². The first-order valence-corrected chi connectivity index (χ1v) is 11.3. The van der Waals surface area contributed by atoms with Crippen molar-refractivity contribution in [2.45, 2.75) is 51.1 Å². The van der Waals surface area contributed by atoms with Gasteiger partial charge in [-0.1, -0.05) is 61.1 Å². The minimum Gasteiger partial charge on any atom is -0.486 e. The number of nitrogens with two attached hydrogens (primary N) is 1. The molecule has 166 valence electrons. The van der Waals surface area contributed by atoms with Crippen molar-refractivity contribution in [3.63, 3.8) is 0 Å². The van der Waals surface area contributed by atoms with E-state index in [2.05, 4.69) is 52.4 Å². The Morgan fingerprint density at radius 1 is 1.06 bits per heavy atom. The van der Waals surface area contributed by atoms with Crippen LogP contribution in [0.4, 0.5) is 0 Å². The van der Waals surface area contributed by atoms with Crippen LogP contribution in [0, 0.1) is 13.8 Å². The van der Waals surface area contributed by atoms with Crippen LogP contribution in [-0.4, -0.2) is 25.0 Å². The lowest BCUT2D eigenvalue weighted by molar-refractivity contribution is 0.291. The SMILES string of the molecule is Cc1cc(C)cc(OCc2nnc(SCc3nc(-c4ccc(C(C)C)cc4)no3)n2N)c1. The normalized spacial score (nSPS) is 11.3. The van der Waals surface area contributed by atoms with Gasteiger partial charge in [-0.2, -0.15) is 4.98 Å². The van der Waals surface area contributed by atoms with E-state index in [9.17, 15) is 0 Å². The minimum atomic E-state index is 0.226. The predicted octanol–water partition coefficient (Wildman–Crippen LogP) is 4.65. The van der Waals surface area contributed by atoms with Gasteiger partial charge in [0.25, 0.3) is 0 Å². The molecule has 4 rings (SSSR count). The molecule has 0 aliphatic rings. The molecule has 0 spiro atoms. The van der Waals surface area contributed by atoms with Crippen LogP contribution >= 0.6 is 11.8 Å². The van der Waals surface area contributed by atoms with Crippen LogP contribution in [0.2, 0.25) is 0 Å². The number of nitrogen functional groups attached to an aromatic ring is 1. The Morgan fingerprint density at radius 3 is 2.47 bits per heavy atom. The fourth-order valence-electron chi connectivity index (χ4n) is 3.24. The highest BCUT2D eigenvalue weighted by atomic mass is 32.2. The van der Waals surface area contributed by atoms with Crippen molar-refractivity contribution in [1.29, 1.82) is 0 Å². The van der Waals surface area contributed by atoms with E-state index in [-0.39, 0.29) is 6.61 Å². The third-order valence-electron chi connectivity index (χ3n) is 4.93. The number of benzene rings is 2. The first-order chi connectivity index (χ1) is 15.4. The molecule has 2 heterocycles. The Bertz CT molecular complexity index is 1180. The molecule has 8 nitrogen and oxygen atoms in total. The van der Waals surface area contributed by atoms with Gasteiger partial charge >= 0.3 is 0 Å². The fraction of sp³-hybridized carbons (Fsp3) is 0.304. The summed E-state index contributed by atoms with van der Waals surface area (Å²) in [6.45, 7) is 8.61. The first-order valence-electron chi connectivity index (χ1n) is 10.3. The van der Waals surface area contributed by atoms with Crippen molar-refractivity contribution in [3.05, 3.63) is 70.9 Å². The zero-order valence-corrected chi connectivity index (χ0v) is 19.4. The smallest absolute Gasteiger partial charge is 0.237 e. The van der Waals surface area contributed by atoms with Gasteiger partial charge in [-0.3, -0.25) is 0 Å². The van der Waals surface area contributed by atoms with Gasteiger partial charge in [-0.15, -0.1) is 10.2 Å². The molecule has 0 radical (unpaired) electrons. The van der Waals surface area contributed by atoms with E-state index in [4.69, 9.17) is 15.1 Å². The summed E-state index contributed by atoms with van der Waals surface area (Å²) in [6.07, 6.45) is 0. The summed E-state index contributed by atoms with van der Waals surface area (Å²) in [5.74, 6) is 9.43. The number of ether oxygens (including phenoxy) is 1. The molecule has 0 aliphatic heterocycles. The second kappa shape index (κ2) is 9.44. The molecule has 2 aromatic heterocycles. The summed E-state index contributed by atoms with van der Waals surface area (Å²) in [4.78, 5) is 4.48. The number of thioether (sulfide) groups is 1. The van der Waals surface area contributed by atoms with Gasteiger partial charge in [-0.25, -0.2) is 4.68 Å². The van der Waals surface area contributed by atoms with E-state index < -0.39 is 0 Å². The Morgan fingerprint density at radius 2 is 1.78 bits per heavy atom. The Hall–Kier alpha value is -3.33. The summed E-state index contributed by atoms with van der Waals surface area (Å²) >= 11 is 1.37. The number of rotatable bonds is 8. The Balaban J connectivity index is 1.36. The van der Waals surface area contributed by atoms with Gasteiger partial charge in [0, 0.05) is 5.56 Å². The standard InChI is InChI=1S/C23H26N6O2S/c1-14(2)17-5-7-18(8-6-17)22-25-21(31-28-22)13-32-23-27-26-20(29(23)24)12-30-19-10-15(3)9-16(4)11-19/h5-11,14H,12-13,24H2,1-4H3. The van der Waals surface area contributed by atoms with Gasteiger partial charge in [0.2, 0.25) is 16.9 Å². The van der Waals surface area contributed by atoms with Crippen molar-refractivity contribution in [3.8, 4) is 17.1 Å². The molecule has 2 aromatic carbocycles. The zero-order valence-electron chi connectivity index (χ0n) is 18.6. The average Bonchev–Trinajstić information content (AvgIpc) is 3.37. The summed E-state index contributed by atoms with van der Waals surface area (Å²) in [7, 11) is 0. The molecular formula is C23H26N6O2S. The maximum atomic E-state index is 6.15. The number of nitrogens with zero attached hydrogens (tertiary/aromatic N) is 5. The number of aromatic nitrogens is 5. The maximum absolute atomic E-state index is 6.15. The topological polar surface area (TPSA) is 105 Å². The van der Waals surface area contributed by atoms with Gasteiger partial charge in [0.1, 0.15) is 12.4 Å². The molecule has 2 N–H and O–H groups in total. The molecule has 9 heteroatoms. The second-order valence-corrected chi connectivity index (χ2v) is 8.90. The lowest BCUT2D eigenvalue weighted by Gasteiger charge is -2.08. The quantitative estimate of drug-likeness (QED) is 0.305. The molecule has 0 aliphatic carbocycles. The second-order valence-electron chi connectivity index (χ2n) is 7.96. The van der Waals surface area contributed by atoms with Crippen molar-refractivity contribution in [1.82, 2.24) is 25.0 Å². The van der Waals surface area contributed by atoms with Gasteiger partial charge in [-0.05, 0) is 48.6 Å². The van der Waals surface area contributed by atoms with Gasteiger partial charge in [0.05, 0.1) is 5.75 Å². The molecule has 0 saturated heterocycles. The molecule has 0 saturated carbocycles. The van der Waals surface area contributed by atoms with E-state index in [0.717, 1.165) is 22.4 Å². The van der Waals surface area contributed by atoms with E-state index in [1.165, 1.54) is 22.0 Å². The Kier molecular flexibility index (Phi) is 6.45. The maximum Gasteiger partial charge on any atom is 0.237 e. The summed E-state index contributed by atoms with van der Waals surface area (Å²) in [5, 5.41) is 12.9. The van der Waals surface area contributed by atoms with Crippen molar-refractivity contribution >= 4 is 11.8 Å². The highest BCUT2D eigenvalue weighted by molar-refractivity contribution is 7.98. The largest absolute Gasteiger partial charge is 0.486 e. The summed E-state index contributed by atoms with van der Waals surface area (Å²) in [5.41, 5.74) is 4.47. The highest BCUT2D eigenvalue weighted by Crippen LogP contribution is 2.24. The number of aryl methyl sites for hydroxylation is 2. The molecule has 0 bridgehead atoms. The zero-order chi connectivity index (χ0) is 22.7.